The van der Waals surface area contributed by atoms with Crippen molar-refractivity contribution in [3.63, 3.8) is 0 Å². The molecule has 0 atom stereocenters. The average molecular weight is 244 g/mol. The van der Waals surface area contributed by atoms with Crippen molar-refractivity contribution in [2.45, 2.75) is 13.8 Å². The van der Waals surface area contributed by atoms with Crippen LogP contribution in [0.5, 0.6) is 5.75 Å². The summed E-state index contributed by atoms with van der Waals surface area (Å²) in [7, 11) is 0. The minimum absolute atomic E-state index is 0.570. The van der Waals surface area contributed by atoms with E-state index in [1.54, 1.807) is 6.92 Å². The summed E-state index contributed by atoms with van der Waals surface area (Å²) in [4.78, 5) is 0. The number of ether oxygens (including phenoxy) is 1. The Balaban J connectivity index is 2.26. The molecular formula is C14H16N2O2. The van der Waals surface area contributed by atoms with Gasteiger partial charge in [0.05, 0.1) is 6.61 Å². The molecule has 0 spiro atoms. The molecule has 2 N–H and O–H groups in total. The van der Waals surface area contributed by atoms with Crippen molar-refractivity contribution in [1.29, 1.82) is 0 Å². The van der Waals surface area contributed by atoms with Crippen molar-refractivity contribution < 1.29 is 9.26 Å². The van der Waals surface area contributed by atoms with Gasteiger partial charge in [-0.15, -0.1) is 0 Å². The Kier molecular flexibility index (Phi) is 3.67. The molecule has 0 saturated carbocycles. The molecule has 1 aromatic heterocycles. The highest BCUT2D eigenvalue weighted by Crippen LogP contribution is 2.22. The smallest absolute Gasteiger partial charge is 0.157 e. The molecule has 0 radical (unpaired) electrons. The van der Waals surface area contributed by atoms with Gasteiger partial charge in [0, 0.05) is 5.56 Å². The van der Waals surface area contributed by atoms with E-state index >= 15 is 0 Å². The van der Waals surface area contributed by atoms with E-state index in [0.29, 0.717) is 23.7 Å². The first kappa shape index (κ1) is 12.2. The zero-order valence-corrected chi connectivity index (χ0v) is 10.5. The lowest BCUT2D eigenvalue weighted by Crippen LogP contribution is -1.93. The number of benzene rings is 1. The van der Waals surface area contributed by atoms with E-state index in [1.807, 2.05) is 43.3 Å². The van der Waals surface area contributed by atoms with Gasteiger partial charge in [-0.25, -0.2) is 0 Å². The van der Waals surface area contributed by atoms with Crippen LogP contribution < -0.4 is 10.5 Å². The standard InChI is InChI=1S/C14H16N2O2/c1-3-17-13-7-5-4-6-11(13)8-9-12-14(15)10(2)18-16-12/h4-9H,3,15H2,1-2H3. The maximum atomic E-state index is 5.82. The second kappa shape index (κ2) is 5.40. The Labute approximate surface area is 106 Å². The van der Waals surface area contributed by atoms with E-state index < -0.39 is 0 Å². The molecule has 0 fully saturated rings. The number of rotatable bonds is 4. The van der Waals surface area contributed by atoms with E-state index in [-0.39, 0.29) is 0 Å². The summed E-state index contributed by atoms with van der Waals surface area (Å²) in [5.74, 6) is 1.47. The molecule has 0 aliphatic carbocycles. The first-order chi connectivity index (χ1) is 8.72. The minimum atomic E-state index is 0.570. The fourth-order valence-corrected chi connectivity index (χ4v) is 1.59. The first-order valence-electron chi connectivity index (χ1n) is 5.84. The highest BCUT2D eigenvalue weighted by Gasteiger charge is 2.05. The maximum absolute atomic E-state index is 5.82. The van der Waals surface area contributed by atoms with Gasteiger partial charge < -0.3 is 15.0 Å². The average Bonchev–Trinajstić information content (AvgIpc) is 2.70. The van der Waals surface area contributed by atoms with Gasteiger partial charge >= 0.3 is 0 Å². The number of nitrogens with zero attached hydrogens (tertiary/aromatic N) is 1. The Morgan fingerprint density at radius 3 is 2.78 bits per heavy atom. The highest BCUT2D eigenvalue weighted by atomic mass is 16.5. The van der Waals surface area contributed by atoms with Gasteiger partial charge in [-0.05, 0) is 32.1 Å². The third-order valence-electron chi connectivity index (χ3n) is 2.58. The predicted molar refractivity (Wildman–Crippen MR) is 72.2 cm³/mol. The van der Waals surface area contributed by atoms with Crippen LogP contribution in [0.4, 0.5) is 5.69 Å². The summed E-state index contributed by atoms with van der Waals surface area (Å²) in [6, 6.07) is 7.81. The van der Waals surface area contributed by atoms with Crippen LogP contribution >= 0.6 is 0 Å². The molecule has 94 valence electrons. The Hall–Kier alpha value is -2.23. The number of hydrogen-bond donors (Lipinski definition) is 1. The van der Waals surface area contributed by atoms with Gasteiger partial charge in [0.1, 0.15) is 17.1 Å². The lowest BCUT2D eigenvalue weighted by atomic mass is 10.1. The summed E-state index contributed by atoms with van der Waals surface area (Å²) < 4.78 is 10.5. The second-order valence-corrected chi connectivity index (χ2v) is 3.84. The van der Waals surface area contributed by atoms with Crippen LogP contribution in [0.15, 0.2) is 28.8 Å². The van der Waals surface area contributed by atoms with Crippen molar-refractivity contribution >= 4 is 17.8 Å². The SMILES string of the molecule is CCOc1ccccc1C=Cc1noc(C)c1N. The molecular weight excluding hydrogens is 228 g/mol. The summed E-state index contributed by atoms with van der Waals surface area (Å²) in [5, 5.41) is 3.88. The van der Waals surface area contributed by atoms with Crippen LogP contribution in [0, 0.1) is 6.92 Å². The van der Waals surface area contributed by atoms with Crippen molar-refractivity contribution in [3.05, 3.63) is 41.3 Å². The zero-order chi connectivity index (χ0) is 13.0. The third kappa shape index (κ3) is 2.53. The molecule has 0 unspecified atom stereocenters. The predicted octanol–water partition coefficient (Wildman–Crippen LogP) is 3.13. The molecule has 0 aliphatic rings. The van der Waals surface area contributed by atoms with Crippen LogP contribution in [0.2, 0.25) is 0 Å². The second-order valence-electron chi connectivity index (χ2n) is 3.84. The molecule has 2 rings (SSSR count). The molecule has 4 nitrogen and oxygen atoms in total. The zero-order valence-electron chi connectivity index (χ0n) is 10.5. The van der Waals surface area contributed by atoms with Gasteiger partial charge in [0.2, 0.25) is 0 Å². The summed E-state index contributed by atoms with van der Waals surface area (Å²) >= 11 is 0. The number of aromatic nitrogens is 1. The highest BCUT2D eigenvalue weighted by molar-refractivity contribution is 5.75. The van der Waals surface area contributed by atoms with E-state index in [9.17, 15) is 0 Å². The molecule has 0 saturated heterocycles. The quantitative estimate of drug-likeness (QED) is 0.897. The van der Waals surface area contributed by atoms with E-state index in [2.05, 4.69) is 5.16 Å². The monoisotopic (exact) mass is 244 g/mol. The normalized spacial score (nSPS) is 11.0. The van der Waals surface area contributed by atoms with Crippen LogP contribution in [-0.4, -0.2) is 11.8 Å². The Morgan fingerprint density at radius 2 is 2.11 bits per heavy atom. The Bertz CT molecular complexity index is 559. The number of anilines is 1. The number of nitrogens with two attached hydrogens (primary N) is 1. The summed E-state index contributed by atoms with van der Waals surface area (Å²) in [6.07, 6.45) is 3.74. The first-order valence-corrected chi connectivity index (χ1v) is 5.84. The van der Waals surface area contributed by atoms with E-state index in [4.69, 9.17) is 15.0 Å². The van der Waals surface area contributed by atoms with E-state index in [1.165, 1.54) is 0 Å². The number of hydrogen-bond acceptors (Lipinski definition) is 4. The molecule has 1 heterocycles. The summed E-state index contributed by atoms with van der Waals surface area (Å²) in [6.45, 7) is 4.38. The van der Waals surface area contributed by atoms with Gasteiger partial charge in [-0.1, -0.05) is 23.4 Å². The van der Waals surface area contributed by atoms with Crippen molar-refractivity contribution in [2.75, 3.05) is 12.3 Å². The summed E-state index contributed by atoms with van der Waals surface area (Å²) in [5.41, 5.74) is 8.02. The molecule has 0 bridgehead atoms. The minimum Gasteiger partial charge on any atom is -0.493 e. The van der Waals surface area contributed by atoms with Crippen LogP contribution in [0.25, 0.3) is 12.2 Å². The number of para-hydroxylation sites is 1. The fourth-order valence-electron chi connectivity index (χ4n) is 1.59. The Morgan fingerprint density at radius 1 is 1.33 bits per heavy atom. The lowest BCUT2D eigenvalue weighted by Gasteiger charge is -2.05. The molecule has 0 aliphatic heterocycles. The van der Waals surface area contributed by atoms with Gasteiger partial charge in [0.15, 0.2) is 5.76 Å². The molecule has 1 aromatic carbocycles. The van der Waals surface area contributed by atoms with Crippen LogP contribution in [0.3, 0.4) is 0 Å². The number of nitrogen functional groups attached to an aromatic ring is 1. The fraction of sp³-hybridized carbons (Fsp3) is 0.214. The van der Waals surface area contributed by atoms with E-state index in [0.717, 1.165) is 11.3 Å². The molecule has 18 heavy (non-hydrogen) atoms. The molecule has 4 heteroatoms. The molecule has 2 aromatic rings. The van der Waals surface area contributed by atoms with Crippen molar-refractivity contribution in [2.24, 2.45) is 0 Å². The van der Waals surface area contributed by atoms with Crippen LogP contribution in [-0.2, 0) is 0 Å². The van der Waals surface area contributed by atoms with Gasteiger partial charge in [-0.2, -0.15) is 0 Å². The van der Waals surface area contributed by atoms with Crippen molar-refractivity contribution in [1.82, 2.24) is 5.16 Å². The van der Waals surface area contributed by atoms with Gasteiger partial charge in [0.25, 0.3) is 0 Å². The maximum Gasteiger partial charge on any atom is 0.157 e. The topological polar surface area (TPSA) is 61.3 Å². The largest absolute Gasteiger partial charge is 0.493 e. The third-order valence-corrected chi connectivity index (χ3v) is 2.58. The lowest BCUT2D eigenvalue weighted by molar-refractivity contribution is 0.339. The van der Waals surface area contributed by atoms with Crippen molar-refractivity contribution in [3.8, 4) is 5.75 Å². The number of aryl methyl sites for hydroxylation is 1. The van der Waals surface area contributed by atoms with Crippen LogP contribution in [0.1, 0.15) is 23.9 Å². The molecule has 0 amide bonds. The van der Waals surface area contributed by atoms with Gasteiger partial charge in [-0.3, -0.25) is 0 Å².